The highest BCUT2D eigenvalue weighted by Crippen LogP contribution is 2.22. The van der Waals surface area contributed by atoms with Gasteiger partial charge in [0.15, 0.2) is 0 Å². The van der Waals surface area contributed by atoms with Crippen LogP contribution in [0.25, 0.3) is 0 Å². The van der Waals surface area contributed by atoms with E-state index in [0.29, 0.717) is 5.69 Å². The van der Waals surface area contributed by atoms with Crippen LogP contribution in [0.15, 0.2) is 42.5 Å². The summed E-state index contributed by atoms with van der Waals surface area (Å²) in [7, 11) is 0. The molecule has 2 aromatic rings. The summed E-state index contributed by atoms with van der Waals surface area (Å²) in [6.45, 7) is 0. The molecule has 0 spiro atoms. The van der Waals surface area contributed by atoms with Gasteiger partial charge in [-0.15, -0.1) is 0 Å². The second kappa shape index (κ2) is 4.26. The Morgan fingerprint density at radius 2 is 1.31 bits per heavy atom. The van der Waals surface area contributed by atoms with Crippen LogP contribution in [0.2, 0.25) is 0 Å². The molecule has 0 saturated heterocycles. The van der Waals surface area contributed by atoms with Crippen molar-refractivity contribution in [3.05, 3.63) is 59.9 Å². The van der Waals surface area contributed by atoms with Crippen molar-refractivity contribution in [2.75, 3.05) is 5.32 Å². The van der Waals surface area contributed by atoms with Crippen molar-refractivity contribution in [1.82, 2.24) is 0 Å². The summed E-state index contributed by atoms with van der Waals surface area (Å²) in [4.78, 5) is 0. The quantitative estimate of drug-likeness (QED) is 0.815. The molecule has 16 heavy (non-hydrogen) atoms. The molecule has 82 valence electrons. The minimum Gasteiger partial charge on any atom is -0.351 e. The van der Waals surface area contributed by atoms with Crippen molar-refractivity contribution in [2.24, 2.45) is 0 Å². The SMILES string of the molecule is Fc1ccc(Nc2c(F)cccc2F)cc1. The molecule has 0 heterocycles. The Hall–Kier alpha value is -1.97. The average Bonchev–Trinajstić information content (AvgIpc) is 2.26. The molecule has 1 N–H and O–H groups in total. The van der Waals surface area contributed by atoms with E-state index in [2.05, 4.69) is 5.32 Å². The van der Waals surface area contributed by atoms with Crippen LogP contribution in [-0.4, -0.2) is 0 Å². The zero-order valence-corrected chi connectivity index (χ0v) is 8.18. The standard InChI is InChI=1S/C12H8F3N/c13-8-4-6-9(7-5-8)16-12-10(14)2-1-3-11(12)15/h1-7,16H. The minimum absolute atomic E-state index is 0.242. The minimum atomic E-state index is -0.690. The highest BCUT2D eigenvalue weighted by molar-refractivity contribution is 5.60. The summed E-state index contributed by atoms with van der Waals surface area (Å²) < 4.78 is 39.1. The molecule has 0 fully saturated rings. The molecule has 0 atom stereocenters. The Labute approximate surface area is 90.5 Å². The number of nitrogens with one attached hydrogen (secondary N) is 1. The summed E-state index contributed by atoms with van der Waals surface area (Å²) >= 11 is 0. The van der Waals surface area contributed by atoms with E-state index in [4.69, 9.17) is 0 Å². The van der Waals surface area contributed by atoms with Gasteiger partial charge in [0.1, 0.15) is 23.1 Å². The molecule has 0 aromatic heterocycles. The molecular weight excluding hydrogens is 215 g/mol. The molecule has 0 aliphatic heterocycles. The van der Waals surface area contributed by atoms with Crippen molar-refractivity contribution >= 4 is 11.4 Å². The normalized spacial score (nSPS) is 10.2. The maximum absolute atomic E-state index is 13.2. The van der Waals surface area contributed by atoms with Crippen molar-refractivity contribution in [1.29, 1.82) is 0 Å². The molecule has 0 aliphatic rings. The van der Waals surface area contributed by atoms with Crippen LogP contribution in [0.4, 0.5) is 24.5 Å². The zero-order chi connectivity index (χ0) is 11.5. The molecule has 0 bridgehead atoms. The monoisotopic (exact) mass is 223 g/mol. The van der Waals surface area contributed by atoms with Gasteiger partial charge in [0.05, 0.1) is 0 Å². The molecule has 0 amide bonds. The van der Waals surface area contributed by atoms with Gasteiger partial charge in [0.25, 0.3) is 0 Å². The first-order valence-electron chi connectivity index (χ1n) is 4.63. The van der Waals surface area contributed by atoms with E-state index in [1.807, 2.05) is 0 Å². The third-order valence-electron chi connectivity index (χ3n) is 2.08. The lowest BCUT2D eigenvalue weighted by Gasteiger charge is -2.08. The van der Waals surface area contributed by atoms with Crippen LogP contribution in [-0.2, 0) is 0 Å². The van der Waals surface area contributed by atoms with Gasteiger partial charge in [-0.3, -0.25) is 0 Å². The van der Waals surface area contributed by atoms with Crippen molar-refractivity contribution in [3.8, 4) is 0 Å². The maximum atomic E-state index is 13.2. The first kappa shape index (κ1) is 10.5. The average molecular weight is 223 g/mol. The third-order valence-corrected chi connectivity index (χ3v) is 2.08. The Bertz CT molecular complexity index is 474. The van der Waals surface area contributed by atoms with E-state index in [1.54, 1.807) is 0 Å². The van der Waals surface area contributed by atoms with Crippen LogP contribution in [0, 0.1) is 17.5 Å². The van der Waals surface area contributed by atoms with Gasteiger partial charge in [-0.2, -0.15) is 0 Å². The molecule has 1 nitrogen and oxygen atoms in total. The number of hydrogen-bond donors (Lipinski definition) is 1. The smallest absolute Gasteiger partial charge is 0.149 e. The summed E-state index contributed by atoms with van der Waals surface area (Å²) in [5.41, 5.74) is 0.180. The summed E-state index contributed by atoms with van der Waals surface area (Å²) in [6, 6.07) is 8.80. The first-order valence-corrected chi connectivity index (χ1v) is 4.63. The van der Waals surface area contributed by atoms with Crippen LogP contribution in [0.1, 0.15) is 0 Å². The van der Waals surface area contributed by atoms with E-state index in [1.165, 1.54) is 30.3 Å². The molecule has 4 heteroatoms. The van der Waals surface area contributed by atoms with Gasteiger partial charge in [0, 0.05) is 5.69 Å². The maximum Gasteiger partial charge on any atom is 0.149 e. The second-order valence-electron chi connectivity index (χ2n) is 3.23. The van der Waals surface area contributed by atoms with E-state index >= 15 is 0 Å². The summed E-state index contributed by atoms with van der Waals surface area (Å²) in [5.74, 6) is -1.78. The molecular formula is C12H8F3N. The van der Waals surface area contributed by atoms with E-state index in [-0.39, 0.29) is 5.69 Å². The number of benzene rings is 2. The predicted molar refractivity (Wildman–Crippen MR) is 56.0 cm³/mol. The lowest BCUT2D eigenvalue weighted by molar-refractivity contribution is 0.591. The van der Waals surface area contributed by atoms with E-state index in [9.17, 15) is 13.2 Å². The number of hydrogen-bond acceptors (Lipinski definition) is 1. The van der Waals surface area contributed by atoms with Gasteiger partial charge in [-0.25, -0.2) is 13.2 Å². The molecule has 0 aliphatic carbocycles. The Morgan fingerprint density at radius 3 is 1.88 bits per heavy atom. The first-order chi connectivity index (χ1) is 7.66. The van der Waals surface area contributed by atoms with Crippen molar-refractivity contribution in [3.63, 3.8) is 0 Å². The summed E-state index contributed by atoms with van der Waals surface area (Å²) in [6.07, 6.45) is 0. The number of halogens is 3. The van der Waals surface area contributed by atoms with Crippen LogP contribution in [0.5, 0.6) is 0 Å². The highest BCUT2D eigenvalue weighted by atomic mass is 19.1. The fourth-order valence-corrected chi connectivity index (χ4v) is 1.29. The molecule has 2 aromatic carbocycles. The number of para-hydroxylation sites is 1. The largest absolute Gasteiger partial charge is 0.351 e. The van der Waals surface area contributed by atoms with Gasteiger partial charge in [0.2, 0.25) is 0 Å². The highest BCUT2D eigenvalue weighted by Gasteiger charge is 2.07. The Kier molecular flexibility index (Phi) is 2.81. The van der Waals surface area contributed by atoms with E-state index in [0.717, 1.165) is 12.1 Å². The van der Waals surface area contributed by atoms with E-state index < -0.39 is 17.5 Å². The Balaban J connectivity index is 2.30. The van der Waals surface area contributed by atoms with Crippen LogP contribution in [0.3, 0.4) is 0 Å². The van der Waals surface area contributed by atoms with Gasteiger partial charge in [-0.05, 0) is 36.4 Å². The fraction of sp³-hybridized carbons (Fsp3) is 0. The predicted octanol–water partition coefficient (Wildman–Crippen LogP) is 3.85. The third kappa shape index (κ3) is 2.16. The second-order valence-corrected chi connectivity index (χ2v) is 3.23. The van der Waals surface area contributed by atoms with Gasteiger partial charge in [-0.1, -0.05) is 6.07 Å². The number of anilines is 2. The zero-order valence-electron chi connectivity index (χ0n) is 8.18. The van der Waals surface area contributed by atoms with Crippen LogP contribution < -0.4 is 5.32 Å². The molecule has 0 saturated carbocycles. The fourth-order valence-electron chi connectivity index (χ4n) is 1.29. The van der Waals surface area contributed by atoms with Gasteiger partial charge >= 0.3 is 0 Å². The molecule has 0 radical (unpaired) electrons. The number of rotatable bonds is 2. The lowest BCUT2D eigenvalue weighted by Crippen LogP contribution is -1.97. The topological polar surface area (TPSA) is 12.0 Å². The lowest BCUT2D eigenvalue weighted by atomic mass is 10.2. The summed E-state index contributed by atoms with van der Waals surface area (Å²) in [5, 5.41) is 2.55. The van der Waals surface area contributed by atoms with Crippen molar-refractivity contribution < 1.29 is 13.2 Å². The molecule has 0 unspecified atom stereocenters. The Morgan fingerprint density at radius 1 is 0.750 bits per heavy atom. The van der Waals surface area contributed by atoms with Gasteiger partial charge < -0.3 is 5.32 Å². The molecule has 2 rings (SSSR count). The van der Waals surface area contributed by atoms with Crippen LogP contribution >= 0.6 is 0 Å². The van der Waals surface area contributed by atoms with Crippen molar-refractivity contribution in [2.45, 2.75) is 0 Å².